The van der Waals surface area contributed by atoms with E-state index in [9.17, 15) is 43.2 Å². The van der Waals surface area contributed by atoms with E-state index in [2.05, 4.69) is 141 Å². The van der Waals surface area contributed by atoms with Crippen LogP contribution in [0.25, 0.3) is 0 Å². The Balaban J connectivity index is 5.87. The molecule has 0 radical (unpaired) electrons. The maximum atomic E-state index is 14.0. The molecule has 1 atom stereocenters. The molecule has 3 N–H and O–H groups in total. The van der Waals surface area contributed by atoms with Gasteiger partial charge in [-0.3, -0.25) is 43.2 Å². The fourth-order valence-electron chi connectivity index (χ4n) is 13.6. The molecule has 0 saturated carbocycles. The van der Waals surface area contributed by atoms with Gasteiger partial charge >= 0.3 is 23.9 Å². The molecule has 21 nitrogen and oxygen atoms in total. The van der Waals surface area contributed by atoms with Crippen LogP contribution >= 0.6 is 0 Å². The number of hydrogen-bond donors (Lipinski definition) is 3. The molecule has 0 aliphatic carbocycles. The maximum absolute atomic E-state index is 14.0. The van der Waals surface area contributed by atoms with Crippen molar-refractivity contribution in [3.63, 3.8) is 0 Å². The quantitative estimate of drug-likeness (QED) is 0.0221. The normalized spacial score (nSPS) is 12.1. The van der Waals surface area contributed by atoms with Crippen molar-refractivity contribution in [2.75, 3.05) is 105 Å². The number of ether oxygens (including phenoxy) is 7. The molecule has 0 bridgehead atoms. The average Bonchev–Trinajstić information content (AvgIpc) is 0.912. The Morgan fingerprint density at radius 1 is 0.258 bits per heavy atom. The minimum Gasteiger partial charge on any atom is -0.464 e. The Hall–Kier alpha value is -6.97. The molecule has 0 unspecified atom stereocenters. The molecule has 124 heavy (non-hydrogen) atoms. The first-order valence-electron chi connectivity index (χ1n) is 49.8. The summed E-state index contributed by atoms with van der Waals surface area (Å²) in [5.41, 5.74) is 0. The van der Waals surface area contributed by atoms with Crippen LogP contribution in [0.2, 0.25) is 0 Å². The third-order valence-electron chi connectivity index (χ3n) is 21.3. The molecule has 0 aliphatic heterocycles. The lowest BCUT2D eigenvalue weighted by Crippen LogP contribution is -2.47. The fraction of sp³-hybridized carbons (Fsp3) is 0.757. The van der Waals surface area contributed by atoms with Gasteiger partial charge in [0.25, 0.3) is 0 Å². The van der Waals surface area contributed by atoms with Crippen LogP contribution in [0, 0.1) is 0 Å². The van der Waals surface area contributed by atoms with Gasteiger partial charge in [0.2, 0.25) is 29.5 Å². The average molecular weight is 1740 g/mol. The summed E-state index contributed by atoms with van der Waals surface area (Å²) in [5.74, 6) is -3.46. The predicted octanol–water partition coefficient (Wildman–Crippen LogP) is 23.0. The molecule has 0 saturated heterocycles. The fourth-order valence-corrected chi connectivity index (χ4v) is 13.6. The second-order valence-electron chi connectivity index (χ2n) is 32.6. The van der Waals surface area contributed by atoms with E-state index in [1.54, 1.807) is 0 Å². The molecule has 0 rings (SSSR count). The molecule has 0 aromatic carbocycles. The van der Waals surface area contributed by atoms with Gasteiger partial charge in [0.1, 0.15) is 32.5 Å². The lowest BCUT2D eigenvalue weighted by Gasteiger charge is -2.23. The molecular weight excluding hydrogens is 1560 g/mol. The van der Waals surface area contributed by atoms with Gasteiger partial charge in [0.15, 0.2) is 0 Å². The van der Waals surface area contributed by atoms with E-state index >= 15 is 0 Å². The van der Waals surface area contributed by atoms with Gasteiger partial charge in [-0.2, -0.15) is 0 Å². The van der Waals surface area contributed by atoms with E-state index in [4.69, 9.17) is 33.2 Å². The van der Waals surface area contributed by atoms with Crippen molar-refractivity contribution in [3.05, 3.63) is 97.2 Å². The van der Waals surface area contributed by atoms with Crippen molar-refractivity contribution in [2.24, 2.45) is 0 Å². The number of amides is 5. The zero-order valence-corrected chi connectivity index (χ0v) is 79.2. The summed E-state index contributed by atoms with van der Waals surface area (Å²) in [6, 6.07) is -0.981. The van der Waals surface area contributed by atoms with Gasteiger partial charge in [-0.1, -0.05) is 253 Å². The summed E-state index contributed by atoms with van der Waals surface area (Å²) in [6.07, 6.45) is 84.9. The Bertz CT molecular complexity index is 2690. The van der Waals surface area contributed by atoms with E-state index in [-0.39, 0.29) is 159 Å². The first-order chi connectivity index (χ1) is 60.8. The number of carbonyl (C=O) groups is 9. The molecule has 0 aliphatic rings. The molecule has 0 aromatic heterocycles. The highest BCUT2D eigenvalue weighted by atomic mass is 16.6. The van der Waals surface area contributed by atoms with E-state index in [1.165, 1.54) is 86.8 Å². The molecule has 712 valence electrons. The summed E-state index contributed by atoms with van der Waals surface area (Å²) >= 11 is 0. The Morgan fingerprint density at radius 3 is 0.863 bits per heavy atom. The zero-order valence-electron chi connectivity index (χ0n) is 79.2. The number of esters is 4. The van der Waals surface area contributed by atoms with Gasteiger partial charge in [0.05, 0.1) is 52.6 Å². The highest BCUT2D eigenvalue weighted by Gasteiger charge is 2.24. The number of unbranched alkanes of at least 4 members (excludes halogenated alkanes) is 33. The Morgan fingerprint density at radius 2 is 0.540 bits per heavy atom. The predicted molar refractivity (Wildman–Crippen MR) is 507 cm³/mol. The van der Waals surface area contributed by atoms with Crippen molar-refractivity contribution in [3.8, 4) is 0 Å². The first kappa shape index (κ1) is 117. The number of nitrogens with zero attached hydrogens (tertiary/aromatic N) is 2. The van der Waals surface area contributed by atoms with Gasteiger partial charge < -0.3 is 58.9 Å². The van der Waals surface area contributed by atoms with Crippen LogP contribution in [0.15, 0.2) is 97.2 Å². The molecule has 21 heteroatoms. The molecule has 5 amide bonds. The van der Waals surface area contributed by atoms with E-state index in [0.717, 1.165) is 180 Å². The lowest BCUT2D eigenvalue weighted by molar-refractivity contribution is -0.148. The van der Waals surface area contributed by atoms with Gasteiger partial charge in [-0.05, 0) is 187 Å². The van der Waals surface area contributed by atoms with Crippen molar-refractivity contribution in [1.29, 1.82) is 0 Å². The van der Waals surface area contributed by atoms with E-state index < -0.39 is 23.8 Å². The minimum atomic E-state index is -0.981. The largest absolute Gasteiger partial charge is 0.464 e. The topological polar surface area (TPSA) is 261 Å². The van der Waals surface area contributed by atoms with Crippen molar-refractivity contribution in [2.45, 2.75) is 400 Å². The molecular formula is C103H179N5O16. The number of hydrogen-bond acceptors (Lipinski definition) is 16. The Labute approximate surface area is 754 Å². The van der Waals surface area contributed by atoms with Crippen molar-refractivity contribution >= 4 is 53.4 Å². The second-order valence-corrected chi connectivity index (χ2v) is 32.6. The maximum Gasteiger partial charge on any atom is 0.305 e. The molecule has 0 aromatic rings. The summed E-state index contributed by atoms with van der Waals surface area (Å²) in [7, 11) is 0. The highest BCUT2D eigenvalue weighted by molar-refractivity contribution is 5.89. The first-order valence-corrected chi connectivity index (χ1v) is 49.8. The summed E-state index contributed by atoms with van der Waals surface area (Å²) in [5, 5.41) is 8.64. The van der Waals surface area contributed by atoms with Crippen LogP contribution in [0.3, 0.4) is 0 Å². The molecule has 0 spiro atoms. The van der Waals surface area contributed by atoms with Crippen LogP contribution in [0.5, 0.6) is 0 Å². The summed E-state index contributed by atoms with van der Waals surface area (Å²) in [4.78, 5) is 123. The minimum absolute atomic E-state index is 0.0321. The van der Waals surface area contributed by atoms with Crippen LogP contribution in [-0.2, 0) is 76.3 Å². The number of allylic oxidation sites excluding steroid dienone is 16. The van der Waals surface area contributed by atoms with Gasteiger partial charge in [-0.15, -0.1) is 0 Å². The van der Waals surface area contributed by atoms with Crippen LogP contribution < -0.4 is 16.0 Å². The zero-order chi connectivity index (χ0) is 90.2. The third-order valence-corrected chi connectivity index (χ3v) is 21.3. The second kappa shape index (κ2) is 95.1. The smallest absolute Gasteiger partial charge is 0.305 e. The summed E-state index contributed by atoms with van der Waals surface area (Å²) < 4.78 is 39.0. The standard InChI is InChI=1S/C103H179N5O16/c1-6-11-15-19-23-27-31-35-39-43-47-51-55-59-63-71-99(113)121-86-81-107(82-87-122-100(114)72-64-60-56-52-48-44-40-36-32-28-24-20-16-12-7-2)97(111)77-75-95(109)104-79-68-67-70-94(103(117)105-80-69-85-119-92-93-120-91-90-118-10-5)106-96(110)76-78-98(112)108(83-88-123-101(115)73-65-61-57-53-49-45-41-37-33-29-25-21-17-13-8-3)84-89-124-102(116)74-66-62-58-54-50-46-42-38-34-30-26-22-18-14-9-4/h23-30,35-42,94H,6-22,31-34,43-93H2,1-5H3,(H,104,109)(H,105,117)(H,106,110)/b27-23-,28-24-,29-25-,30-26-,39-35-,40-36-,41-37-,42-38-/t94-/m0/s1. The Kier molecular flexibility index (Phi) is 89.8. The highest BCUT2D eigenvalue weighted by Crippen LogP contribution is 2.16. The van der Waals surface area contributed by atoms with Crippen LogP contribution in [-0.4, -0.2) is 175 Å². The van der Waals surface area contributed by atoms with Crippen molar-refractivity contribution in [1.82, 2.24) is 25.8 Å². The van der Waals surface area contributed by atoms with Gasteiger partial charge in [0, 0.05) is 77.7 Å². The third kappa shape index (κ3) is 85.8. The number of nitrogens with one attached hydrogen (secondary N) is 3. The SMILES string of the molecule is CCCCC/C=C\C/C=C\CCCCCCCC(=O)OCCN(CCOC(=O)CCCCCCC/C=C\C/C=C\CCCCC)C(=O)CCC(=O)NCCCC[C@H](NC(=O)CCC(=O)N(CCOC(=O)CCCCCCC/C=C\C/C=C\CCCCC)CCOC(=O)CCCCCCC/C=C\C/C=C\CCCCC)C(=O)NCCCOCCOCCOCC. The van der Waals surface area contributed by atoms with Crippen LogP contribution in [0.1, 0.15) is 394 Å². The summed E-state index contributed by atoms with van der Waals surface area (Å²) in [6.45, 7) is 14.0. The van der Waals surface area contributed by atoms with Gasteiger partial charge in [-0.25, -0.2) is 0 Å². The molecule has 0 heterocycles. The van der Waals surface area contributed by atoms with E-state index in [1.807, 2.05) is 6.92 Å². The number of carbonyl (C=O) groups excluding carboxylic acids is 9. The van der Waals surface area contributed by atoms with Crippen LogP contribution in [0.4, 0.5) is 0 Å². The van der Waals surface area contributed by atoms with Crippen molar-refractivity contribution < 1.29 is 76.3 Å². The number of rotatable bonds is 92. The van der Waals surface area contributed by atoms with E-state index in [0.29, 0.717) is 84.6 Å². The monoisotopic (exact) mass is 1740 g/mol. The lowest BCUT2D eigenvalue weighted by atomic mass is 10.1. The molecule has 0 fully saturated rings.